The minimum atomic E-state index is -1.77. The van der Waals surface area contributed by atoms with Gasteiger partial charge in [-0.3, -0.25) is 47.9 Å². The van der Waals surface area contributed by atoms with Gasteiger partial charge in [0.15, 0.2) is 0 Å². The summed E-state index contributed by atoms with van der Waals surface area (Å²) in [6, 6.07) is -9.05. The average Bonchev–Trinajstić information content (AvgIpc) is 3.10. The van der Waals surface area contributed by atoms with Crippen LogP contribution in [0.15, 0.2) is 0 Å². The molecule has 0 aliphatic heterocycles. The number of hydrogen-bond acceptors (Lipinski definition) is 11. The van der Waals surface area contributed by atoms with E-state index in [-0.39, 0.29) is 43.4 Å². The lowest BCUT2D eigenvalue weighted by molar-refractivity contribution is -0.142. The van der Waals surface area contributed by atoms with Crippen LogP contribution in [-0.4, -0.2) is 118 Å². The van der Waals surface area contributed by atoms with Crippen molar-refractivity contribution >= 4 is 59.2 Å². The monoisotopic (exact) mass is 856 g/mol. The van der Waals surface area contributed by atoms with Gasteiger partial charge in [-0.05, 0) is 55.3 Å². The van der Waals surface area contributed by atoms with Crippen LogP contribution >= 0.6 is 0 Å². The SMILES string of the molecule is CC(C)CC(N)C(=O)NC(CC(C)C)C(=O)NC(C(=O)NC(C(=O)NC(CC(=O)O)C(=O)NC(CC(C)C)C(=O)NC(CCC(N)=O)C(=O)NCC(=O)O)C(C)C)C(C)C. The van der Waals surface area contributed by atoms with Gasteiger partial charge in [0.05, 0.1) is 12.5 Å². The minimum Gasteiger partial charge on any atom is -0.481 e. The van der Waals surface area contributed by atoms with Crippen molar-refractivity contribution in [3.8, 4) is 0 Å². The van der Waals surface area contributed by atoms with E-state index in [1.54, 1.807) is 41.5 Å². The first-order valence-corrected chi connectivity index (χ1v) is 20.2. The number of carbonyl (C=O) groups is 10. The third kappa shape index (κ3) is 21.6. The molecule has 0 aromatic carbocycles. The highest BCUT2D eigenvalue weighted by molar-refractivity contribution is 5.98. The first kappa shape index (κ1) is 54.7. The summed E-state index contributed by atoms with van der Waals surface area (Å²) < 4.78 is 0. The van der Waals surface area contributed by atoms with Crippen LogP contribution in [0.1, 0.15) is 108 Å². The Balaban J connectivity index is 6.31. The Bertz CT molecular complexity index is 1520. The smallest absolute Gasteiger partial charge is 0.322 e. The molecule has 0 aromatic heterocycles. The Labute approximate surface area is 351 Å². The van der Waals surface area contributed by atoms with Gasteiger partial charge in [-0.1, -0.05) is 69.2 Å². The Hall–Kier alpha value is -5.34. The summed E-state index contributed by atoms with van der Waals surface area (Å²) in [6.45, 7) is 16.6. The molecule has 0 aliphatic carbocycles. The molecule has 0 spiro atoms. The zero-order valence-electron chi connectivity index (χ0n) is 36.5. The highest BCUT2D eigenvalue weighted by atomic mass is 16.4. The van der Waals surface area contributed by atoms with Crippen LogP contribution in [0.3, 0.4) is 0 Å². The highest BCUT2D eigenvalue weighted by Gasteiger charge is 2.36. The van der Waals surface area contributed by atoms with Crippen LogP contribution in [0.25, 0.3) is 0 Å². The molecule has 0 saturated carbocycles. The summed E-state index contributed by atoms with van der Waals surface area (Å²) in [5.41, 5.74) is 11.2. The maximum Gasteiger partial charge on any atom is 0.322 e. The van der Waals surface area contributed by atoms with Crippen molar-refractivity contribution in [1.29, 1.82) is 0 Å². The molecule has 342 valence electrons. The van der Waals surface area contributed by atoms with E-state index in [4.69, 9.17) is 16.6 Å². The number of carbonyl (C=O) groups excluding carboxylic acids is 8. The Morgan fingerprint density at radius 2 is 0.850 bits per heavy atom. The molecule has 60 heavy (non-hydrogen) atoms. The first-order valence-electron chi connectivity index (χ1n) is 20.2. The van der Waals surface area contributed by atoms with E-state index in [0.717, 1.165) is 0 Å². The van der Waals surface area contributed by atoms with Crippen LogP contribution in [0, 0.1) is 29.6 Å². The van der Waals surface area contributed by atoms with Gasteiger partial charge in [0.1, 0.15) is 42.8 Å². The molecule has 0 heterocycles. The van der Waals surface area contributed by atoms with Gasteiger partial charge < -0.3 is 58.9 Å². The Morgan fingerprint density at radius 1 is 0.467 bits per heavy atom. The number of nitrogens with two attached hydrogens (primary N) is 2. The minimum absolute atomic E-state index is 0.0316. The van der Waals surface area contributed by atoms with Gasteiger partial charge in [0.25, 0.3) is 0 Å². The van der Waals surface area contributed by atoms with E-state index in [1.165, 1.54) is 0 Å². The number of carboxylic acids is 2. The van der Waals surface area contributed by atoms with E-state index < -0.39 is 126 Å². The predicted octanol–water partition coefficient (Wildman–Crippen LogP) is -1.39. The van der Waals surface area contributed by atoms with Gasteiger partial charge in [0.2, 0.25) is 47.3 Å². The highest BCUT2D eigenvalue weighted by Crippen LogP contribution is 2.13. The standard InChI is InChI=1S/C39H69N9O12/c1-18(2)13-23(40)33(54)44-26(15-20(5)6)37(58)47-32(22(9)10)39(60)48-31(21(7)8)38(59)46-27(16-29(50)51)36(57)45-25(14-19(3)4)35(56)43-24(11-12-28(41)49)34(55)42-17-30(52)53/h18-27,31-32H,11-17,40H2,1-10H3,(H2,41,49)(H,42,55)(H,43,56)(H,44,54)(H,45,57)(H,46,59)(H,47,58)(H,48,60)(H,50,51)(H,52,53). The molecule has 0 aliphatic rings. The third-order valence-electron chi connectivity index (χ3n) is 8.97. The van der Waals surface area contributed by atoms with E-state index in [2.05, 4.69) is 37.2 Å². The molecule has 7 atom stereocenters. The van der Waals surface area contributed by atoms with Crippen molar-refractivity contribution in [1.82, 2.24) is 37.2 Å². The van der Waals surface area contributed by atoms with Gasteiger partial charge >= 0.3 is 11.9 Å². The number of rotatable bonds is 28. The third-order valence-corrected chi connectivity index (χ3v) is 8.97. The van der Waals surface area contributed by atoms with Gasteiger partial charge in [-0.25, -0.2) is 0 Å². The summed E-state index contributed by atoms with van der Waals surface area (Å²) in [6.07, 6.45) is -1.03. The fraction of sp³-hybridized carbons (Fsp3) is 0.744. The number of hydrogen-bond donors (Lipinski definition) is 11. The van der Waals surface area contributed by atoms with E-state index in [1.807, 2.05) is 27.7 Å². The lowest BCUT2D eigenvalue weighted by atomic mass is 9.97. The van der Waals surface area contributed by atoms with Gasteiger partial charge in [-0.15, -0.1) is 0 Å². The van der Waals surface area contributed by atoms with Gasteiger partial charge in [0, 0.05) is 6.42 Å². The van der Waals surface area contributed by atoms with Crippen LogP contribution < -0.4 is 48.7 Å². The zero-order valence-corrected chi connectivity index (χ0v) is 36.5. The van der Waals surface area contributed by atoms with Crippen molar-refractivity contribution in [3.63, 3.8) is 0 Å². The molecule has 7 unspecified atom stereocenters. The van der Waals surface area contributed by atoms with Crippen molar-refractivity contribution < 1.29 is 58.2 Å². The van der Waals surface area contributed by atoms with E-state index >= 15 is 0 Å². The van der Waals surface area contributed by atoms with Gasteiger partial charge in [-0.2, -0.15) is 0 Å². The maximum absolute atomic E-state index is 13.7. The van der Waals surface area contributed by atoms with Crippen molar-refractivity contribution in [3.05, 3.63) is 0 Å². The first-order chi connectivity index (χ1) is 27.7. The molecular weight excluding hydrogens is 786 g/mol. The van der Waals surface area contributed by atoms with Crippen LogP contribution in [0.2, 0.25) is 0 Å². The van der Waals surface area contributed by atoms with Crippen LogP contribution in [-0.2, 0) is 47.9 Å². The number of nitrogens with one attached hydrogen (secondary N) is 7. The second-order valence-corrected chi connectivity index (χ2v) is 16.9. The molecule has 0 rings (SSSR count). The molecule has 0 bridgehead atoms. The molecule has 13 N–H and O–H groups in total. The van der Waals surface area contributed by atoms with Crippen molar-refractivity contribution in [2.75, 3.05) is 6.54 Å². The largest absolute Gasteiger partial charge is 0.481 e. The normalized spacial score (nSPS) is 14.9. The van der Waals surface area contributed by atoms with E-state index in [0.29, 0.717) is 6.42 Å². The molecule has 0 radical (unpaired) electrons. The van der Waals surface area contributed by atoms with Crippen LogP contribution in [0.5, 0.6) is 0 Å². The van der Waals surface area contributed by atoms with E-state index in [9.17, 15) is 53.1 Å². The molecule has 21 heteroatoms. The number of aliphatic carboxylic acids is 2. The molecular formula is C39H69N9O12. The summed E-state index contributed by atoms with van der Waals surface area (Å²) in [5.74, 6) is -10.9. The molecule has 0 aromatic rings. The quantitative estimate of drug-likeness (QED) is 0.0433. The topological polar surface area (TPSA) is 347 Å². The van der Waals surface area contributed by atoms with Crippen LogP contribution in [0.4, 0.5) is 0 Å². The summed E-state index contributed by atoms with van der Waals surface area (Å²) in [7, 11) is 0. The summed E-state index contributed by atoms with van der Waals surface area (Å²) >= 11 is 0. The number of primary amides is 1. The fourth-order valence-electron chi connectivity index (χ4n) is 5.90. The molecule has 0 fully saturated rings. The lowest BCUT2D eigenvalue weighted by Crippen LogP contribution is -2.61. The fourth-order valence-corrected chi connectivity index (χ4v) is 5.90. The molecule has 0 saturated heterocycles. The Kier molecular flexibility index (Phi) is 24.3. The predicted molar refractivity (Wildman–Crippen MR) is 219 cm³/mol. The number of carboxylic acid groups (broad SMARTS) is 2. The number of amides is 8. The second kappa shape index (κ2) is 26.7. The summed E-state index contributed by atoms with van der Waals surface area (Å²) in [5, 5.41) is 35.8. The Morgan fingerprint density at radius 3 is 1.27 bits per heavy atom. The zero-order chi connectivity index (χ0) is 46.6. The van der Waals surface area contributed by atoms with Crippen molar-refractivity contribution in [2.24, 2.45) is 41.1 Å². The average molecular weight is 856 g/mol. The lowest BCUT2D eigenvalue weighted by Gasteiger charge is -2.30. The second-order valence-electron chi connectivity index (χ2n) is 16.9. The maximum atomic E-state index is 13.7. The molecule has 8 amide bonds. The van der Waals surface area contributed by atoms with Crippen molar-refractivity contribution in [2.45, 2.75) is 150 Å². The summed E-state index contributed by atoms with van der Waals surface area (Å²) in [4.78, 5) is 128. The molecule has 21 nitrogen and oxygen atoms in total.